The van der Waals surface area contributed by atoms with Gasteiger partial charge in [-0.05, 0) is 24.6 Å². The Morgan fingerprint density at radius 2 is 2.09 bits per heavy atom. The second-order valence-corrected chi connectivity index (χ2v) is 4.75. The summed E-state index contributed by atoms with van der Waals surface area (Å²) in [6.45, 7) is 2.47. The second kappa shape index (κ2) is 6.84. The number of anilines is 1. The van der Waals surface area contributed by atoms with Crippen LogP contribution in [0.15, 0.2) is 30.5 Å². The Labute approximate surface area is 127 Å². The van der Waals surface area contributed by atoms with Crippen LogP contribution in [0.25, 0.3) is 0 Å². The molecule has 0 bridgehead atoms. The van der Waals surface area contributed by atoms with Crippen molar-refractivity contribution >= 4 is 17.5 Å². The van der Waals surface area contributed by atoms with Crippen LogP contribution in [0.3, 0.4) is 0 Å². The van der Waals surface area contributed by atoms with E-state index in [9.17, 15) is 14.0 Å². The molecule has 0 radical (unpaired) electrons. The zero-order valence-corrected chi connectivity index (χ0v) is 12.4. The van der Waals surface area contributed by atoms with Crippen molar-refractivity contribution < 1.29 is 14.0 Å². The molecular formula is C15H17FN4O2. The van der Waals surface area contributed by atoms with Gasteiger partial charge in [0.2, 0.25) is 0 Å². The molecule has 1 aromatic carbocycles. The molecule has 0 atom stereocenters. The first kappa shape index (κ1) is 15.7. The van der Waals surface area contributed by atoms with Crippen LogP contribution in [-0.4, -0.2) is 28.1 Å². The molecular weight excluding hydrogens is 287 g/mol. The summed E-state index contributed by atoms with van der Waals surface area (Å²) in [6.07, 6.45) is 2.19. The van der Waals surface area contributed by atoms with E-state index < -0.39 is 11.7 Å². The molecule has 0 saturated heterocycles. The molecule has 6 nitrogen and oxygen atoms in total. The van der Waals surface area contributed by atoms with Crippen LogP contribution in [0.4, 0.5) is 10.1 Å². The largest absolute Gasteiger partial charge is 0.351 e. The molecule has 0 aliphatic heterocycles. The van der Waals surface area contributed by atoms with Gasteiger partial charge in [0.25, 0.3) is 11.8 Å². The summed E-state index contributed by atoms with van der Waals surface area (Å²) in [5.41, 5.74) is 0.701. The maximum atomic E-state index is 13.2. The van der Waals surface area contributed by atoms with Crippen LogP contribution >= 0.6 is 0 Å². The molecule has 0 aliphatic rings. The molecule has 1 aromatic heterocycles. The number of hydrogen-bond donors (Lipinski definition) is 2. The number of halogens is 1. The monoisotopic (exact) mass is 304 g/mol. The summed E-state index contributed by atoms with van der Waals surface area (Å²) in [5.74, 6) is -1.33. The SMILES string of the molecule is CCCNC(=O)c1c(NC(=O)c2cccc(F)c2)cnn1C. The Hall–Kier alpha value is -2.70. The quantitative estimate of drug-likeness (QED) is 0.886. The fourth-order valence-corrected chi connectivity index (χ4v) is 1.94. The summed E-state index contributed by atoms with van der Waals surface area (Å²) in [6, 6.07) is 5.32. The fourth-order valence-electron chi connectivity index (χ4n) is 1.94. The van der Waals surface area contributed by atoms with E-state index in [1.54, 1.807) is 7.05 Å². The lowest BCUT2D eigenvalue weighted by Crippen LogP contribution is -2.27. The Kier molecular flexibility index (Phi) is 4.88. The molecule has 0 aliphatic carbocycles. The topological polar surface area (TPSA) is 76.0 Å². The first-order valence-electron chi connectivity index (χ1n) is 6.90. The highest BCUT2D eigenvalue weighted by Gasteiger charge is 2.18. The Morgan fingerprint density at radius 3 is 2.77 bits per heavy atom. The van der Waals surface area contributed by atoms with E-state index in [4.69, 9.17) is 0 Å². The average Bonchev–Trinajstić information content (AvgIpc) is 2.85. The minimum atomic E-state index is -0.503. The van der Waals surface area contributed by atoms with Crippen LogP contribution in [0.5, 0.6) is 0 Å². The van der Waals surface area contributed by atoms with Crippen LogP contribution in [0.1, 0.15) is 34.2 Å². The third kappa shape index (κ3) is 3.49. The molecule has 0 unspecified atom stereocenters. The summed E-state index contributed by atoms with van der Waals surface area (Å²) < 4.78 is 14.5. The molecule has 7 heteroatoms. The van der Waals surface area contributed by atoms with Gasteiger partial charge in [0, 0.05) is 19.2 Å². The highest BCUT2D eigenvalue weighted by Crippen LogP contribution is 2.16. The average molecular weight is 304 g/mol. The van der Waals surface area contributed by atoms with E-state index in [1.807, 2.05) is 6.92 Å². The normalized spacial score (nSPS) is 10.3. The van der Waals surface area contributed by atoms with Gasteiger partial charge in [0.05, 0.1) is 11.9 Å². The minimum Gasteiger partial charge on any atom is -0.351 e. The molecule has 1 heterocycles. The summed E-state index contributed by atoms with van der Waals surface area (Å²) in [7, 11) is 1.61. The first-order chi connectivity index (χ1) is 10.5. The number of carbonyl (C=O) groups is 2. The predicted molar refractivity (Wildman–Crippen MR) is 80.2 cm³/mol. The Balaban J connectivity index is 2.20. The zero-order chi connectivity index (χ0) is 16.1. The smallest absolute Gasteiger partial charge is 0.271 e. The van der Waals surface area contributed by atoms with Crippen molar-refractivity contribution in [1.29, 1.82) is 0 Å². The van der Waals surface area contributed by atoms with Crippen molar-refractivity contribution in [3.8, 4) is 0 Å². The van der Waals surface area contributed by atoms with Gasteiger partial charge in [0.15, 0.2) is 0 Å². The van der Waals surface area contributed by atoms with Gasteiger partial charge in [-0.1, -0.05) is 13.0 Å². The van der Waals surface area contributed by atoms with Gasteiger partial charge < -0.3 is 10.6 Å². The lowest BCUT2D eigenvalue weighted by Gasteiger charge is -2.08. The summed E-state index contributed by atoms with van der Waals surface area (Å²) in [5, 5.41) is 9.29. The number of aromatic nitrogens is 2. The number of aryl methyl sites for hydroxylation is 1. The van der Waals surface area contributed by atoms with E-state index in [0.29, 0.717) is 6.54 Å². The standard InChI is InChI=1S/C15H17FN4O2/c1-3-7-17-15(22)13-12(9-18-20(13)2)19-14(21)10-5-4-6-11(16)8-10/h4-6,8-9H,3,7H2,1-2H3,(H,17,22)(H,19,21). The van der Waals surface area contributed by atoms with Gasteiger partial charge in [-0.15, -0.1) is 0 Å². The van der Waals surface area contributed by atoms with Gasteiger partial charge in [0.1, 0.15) is 11.5 Å². The second-order valence-electron chi connectivity index (χ2n) is 4.75. The van der Waals surface area contributed by atoms with E-state index in [2.05, 4.69) is 15.7 Å². The number of hydrogen-bond acceptors (Lipinski definition) is 3. The van der Waals surface area contributed by atoms with E-state index in [1.165, 1.54) is 29.1 Å². The van der Waals surface area contributed by atoms with Gasteiger partial charge in [-0.3, -0.25) is 14.3 Å². The highest BCUT2D eigenvalue weighted by molar-refractivity contribution is 6.08. The van der Waals surface area contributed by atoms with Crippen molar-refractivity contribution in [1.82, 2.24) is 15.1 Å². The predicted octanol–water partition coefficient (Wildman–Crippen LogP) is 1.95. The number of rotatable bonds is 5. The molecule has 0 spiro atoms. The maximum Gasteiger partial charge on any atom is 0.271 e. The summed E-state index contributed by atoms with van der Waals surface area (Å²) >= 11 is 0. The van der Waals surface area contributed by atoms with Crippen molar-refractivity contribution in [3.05, 3.63) is 47.5 Å². The number of benzene rings is 1. The number of nitrogens with one attached hydrogen (secondary N) is 2. The number of carbonyl (C=O) groups excluding carboxylic acids is 2. The molecule has 2 N–H and O–H groups in total. The van der Waals surface area contributed by atoms with Crippen molar-refractivity contribution in [2.45, 2.75) is 13.3 Å². The molecule has 0 saturated carbocycles. The Bertz CT molecular complexity index is 697. The summed E-state index contributed by atoms with van der Waals surface area (Å²) in [4.78, 5) is 24.2. The van der Waals surface area contributed by atoms with Crippen LogP contribution in [0, 0.1) is 5.82 Å². The molecule has 116 valence electrons. The zero-order valence-electron chi connectivity index (χ0n) is 12.4. The van der Waals surface area contributed by atoms with Gasteiger partial charge in [-0.2, -0.15) is 5.10 Å². The Morgan fingerprint density at radius 1 is 1.32 bits per heavy atom. The van der Waals surface area contributed by atoms with Crippen LogP contribution in [-0.2, 0) is 7.05 Å². The highest BCUT2D eigenvalue weighted by atomic mass is 19.1. The van der Waals surface area contributed by atoms with Crippen molar-refractivity contribution in [2.24, 2.45) is 7.05 Å². The van der Waals surface area contributed by atoms with E-state index >= 15 is 0 Å². The van der Waals surface area contributed by atoms with Crippen molar-refractivity contribution in [2.75, 3.05) is 11.9 Å². The molecule has 2 rings (SSSR count). The third-order valence-corrected chi connectivity index (χ3v) is 3.02. The van der Waals surface area contributed by atoms with E-state index in [0.717, 1.165) is 12.5 Å². The number of nitrogens with zero attached hydrogens (tertiary/aromatic N) is 2. The first-order valence-corrected chi connectivity index (χ1v) is 6.90. The molecule has 22 heavy (non-hydrogen) atoms. The van der Waals surface area contributed by atoms with Crippen LogP contribution < -0.4 is 10.6 Å². The fraction of sp³-hybridized carbons (Fsp3) is 0.267. The maximum absolute atomic E-state index is 13.2. The molecule has 2 amide bonds. The van der Waals surface area contributed by atoms with E-state index in [-0.39, 0.29) is 22.9 Å². The van der Waals surface area contributed by atoms with Crippen molar-refractivity contribution in [3.63, 3.8) is 0 Å². The lowest BCUT2D eigenvalue weighted by molar-refractivity contribution is 0.0945. The minimum absolute atomic E-state index is 0.170. The third-order valence-electron chi connectivity index (χ3n) is 3.02. The lowest BCUT2D eigenvalue weighted by atomic mass is 10.2. The van der Waals surface area contributed by atoms with Gasteiger partial charge >= 0.3 is 0 Å². The van der Waals surface area contributed by atoms with Crippen LogP contribution in [0.2, 0.25) is 0 Å². The van der Waals surface area contributed by atoms with Gasteiger partial charge in [-0.25, -0.2) is 4.39 Å². The molecule has 0 fully saturated rings. The molecule has 2 aromatic rings. The number of amides is 2.